The van der Waals surface area contributed by atoms with Crippen molar-refractivity contribution in [2.45, 2.75) is 66.4 Å². The molecule has 0 bridgehead atoms. The minimum Gasteiger partial charge on any atom is -0.444 e. The van der Waals surface area contributed by atoms with Crippen molar-refractivity contribution in [1.29, 1.82) is 0 Å². The van der Waals surface area contributed by atoms with Crippen molar-refractivity contribution in [3.05, 3.63) is 36.0 Å². The van der Waals surface area contributed by atoms with Crippen LogP contribution in [0.25, 0.3) is 10.9 Å². The third kappa shape index (κ3) is 5.34. The summed E-state index contributed by atoms with van der Waals surface area (Å²) in [4.78, 5) is 24.9. The molecule has 1 aromatic heterocycles. The summed E-state index contributed by atoms with van der Waals surface area (Å²) in [5.74, 6) is 0.104. The Bertz CT molecular complexity index is 813. The van der Waals surface area contributed by atoms with Gasteiger partial charge < -0.3 is 10.1 Å². The molecule has 0 fully saturated rings. The summed E-state index contributed by atoms with van der Waals surface area (Å²) in [6.07, 6.45) is 3.93. The number of benzene rings is 1. The number of rotatable bonds is 6. The fourth-order valence-electron chi connectivity index (χ4n) is 3.29. The highest BCUT2D eigenvalue weighted by atomic mass is 16.6. The summed E-state index contributed by atoms with van der Waals surface area (Å²) < 4.78 is 7.04. The van der Waals surface area contributed by atoms with Gasteiger partial charge in [-0.15, -0.1) is 0 Å². The van der Waals surface area contributed by atoms with E-state index < -0.39 is 17.1 Å². The van der Waals surface area contributed by atoms with Crippen LogP contribution < -0.4 is 5.32 Å². The van der Waals surface area contributed by atoms with Crippen LogP contribution in [0.4, 0.5) is 4.79 Å². The molecule has 5 heteroatoms. The predicted octanol–water partition coefficient (Wildman–Crippen LogP) is 5.18. The minimum atomic E-state index is -0.516. The van der Waals surface area contributed by atoms with E-state index >= 15 is 0 Å². The van der Waals surface area contributed by atoms with E-state index in [0.29, 0.717) is 13.0 Å². The lowest BCUT2D eigenvalue weighted by molar-refractivity contribution is 0.0528. The van der Waals surface area contributed by atoms with E-state index in [-0.39, 0.29) is 5.91 Å². The van der Waals surface area contributed by atoms with Gasteiger partial charge in [0, 0.05) is 23.5 Å². The lowest BCUT2D eigenvalue weighted by Crippen LogP contribution is -2.33. The Balaban J connectivity index is 2.19. The number of ether oxygens (including phenoxy) is 1. The van der Waals surface area contributed by atoms with Crippen molar-refractivity contribution >= 4 is 22.9 Å². The van der Waals surface area contributed by atoms with Gasteiger partial charge in [0.05, 0.1) is 5.52 Å². The summed E-state index contributed by atoms with van der Waals surface area (Å²) in [5, 5.41) is 3.83. The number of hydrogen-bond acceptors (Lipinski definition) is 3. The van der Waals surface area contributed by atoms with E-state index in [1.165, 1.54) is 0 Å². The van der Waals surface area contributed by atoms with Gasteiger partial charge in [0.1, 0.15) is 5.60 Å². The molecule has 1 heterocycles. The fourth-order valence-corrected chi connectivity index (χ4v) is 3.29. The first-order valence-corrected chi connectivity index (χ1v) is 9.66. The van der Waals surface area contributed by atoms with Gasteiger partial charge >= 0.3 is 6.09 Å². The van der Waals surface area contributed by atoms with E-state index in [1.54, 1.807) is 4.57 Å². The zero-order valence-corrected chi connectivity index (χ0v) is 17.4. The third-order valence-corrected chi connectivity index (χ3v) is 4.53. The van der Waals surface area contributed by atoms with Crippen molar-refractivity contribution in [2.24, 2.45) is 5.41 Å². The maximum Gasteiger partial charge on any atom is 0.407 e. The smallest absolute Gasteiger partial charge is 0.407 e. The number of nitrogens with one attached hydrogen (secondary N) is 1. The molecule has 0 spiro atoms. The summed E-state index contributed by atoms with van der Waals surface area (Å²) in [6.45, 7) is 12.1. The number of aromatic nitrogens is 1. The van der Waals surface area contributed by atoms with Gasteiger partial charge in [-0.25, -0.2) is 4.79 Å². The van der Waals surface area contributed by atoms with Gasteiger partial charge in [0.25, 0.3) is 0 Å². The summed E-state index contributed by atoms with van der Waals surface area (Å²) in [5.41, 5.74) is 1.03. The highest BCUT2D eigenvalue weighted by Crippen LogP contribution is 2.29. The van der Waals surface area contributed by atoms with Crippen molar-refractivity contribution in [1.82, 2.24) is 9.88 Å². The summed E-state index contributed by atoms with van der Waals surface area (Å²) >= 11 is 0. The van der Waals surface area contributed by atoms with Crippen LogP contribution in [0.2, 0.25) is 0 Å². The predicted molar refractivity (Wildman–Crippen MR) is 109 cm³/mol. The van der Waals surface area contributed by atoms with Crippen molar-refractivity contribution in [3.63, 3.8) is 0 Å². The zero-order chi connectivity index (χ0) is 20.2. The van der Waals surface area contributed by atoms with Crippen LogP contribution in [0, 0.1) is 5.41 Å². The number of fused-ring (bicyclic) bond motifs is 1. The average molecular weight is 373 g/mol. The number of amides is 1. The Hall–Kier alpha value is -2.30. The van der Waals surface area contributed by atoms with Crippen molar-refractivity contribution in [2.75, 3.05) is 6.54 Å². The molecule has 1 amide bonds. The van der Waals surface area contributed by atoms with Crippen LogP contribution in [0.3, 0.4) is 0 Å². The van der Waals surface area contributed by atoms with Crippen molar-refractivity contribution < 1.29 is 14.3 Å². The van der Waals surface area contributed by atoms with E-state index in [4.69, 9.17) is 4.74 Å². The van der Waals surface area contributed by atoms with Crippen LogP contribution in [0.1, 0.15) is 64.7 Å². The fraction of sp³-hybridized carbons (Fsp3) is 0.545. The molecule has 0 aliphatic heterocycles. The van der Waals surface area contributed by atoms with Gasteiger partial charge in [0.2, 0.25) is 5.91 Å². The number of hydrogen-bond donors (Lipinski definition) is 1. The Morgan fingerprint density at radius 3 is 2.41 bits per heavy atom. The van der Waals surface area contributed by atoms with E-state index in [9.17, 15) is 9.59 Å². The van der Waals surface area contributed by atoms with E-state index in [0.717, 1.165) is 29.3 Å². The first-order chi connectivity index (χ1) is 12.5. The van der Waals surface area contributed by atoms with Gasteiger partial charge in [-0.1, -0.05) is 45.4 Å². The van der Waals surface area contributed by atoms with Crippen LogP contribution in [0.5, 0.6) is 0 Å². The highest BCUT2D eigenvalue weighted by molar-refractivity contribution is 5.96. The highest BCUT2D eigenvalue weighted by Gasteiger charge is 2.29. The van der Waals surface area contributed by atoms with Crippen molar-refractivity contribution in [3.8, 4) is 0 Å². The summed E-state index contributed by atoms with van der Waals surface area (Å²) in [7, 11) is 0. The Labute approximate surface area is 162 Å². The largest absolute Gasteiger partial charge is 0.444 e. The molecule has 1 N–H and O–H groups in total. The Morgan fingerprint density at radius 1 is 1.11 bits per heavy atom. The maximum atomic E-state index is 13.1. The molecule has 148 valence electrons. The lowest BCUT2D eigenvalue weighted by Gasteiger charge is -2.23. The molecule has 5 nitrogen and oxygen atoms in total. The normalized spacial score (nSPS) is 12.2. The number of para-hydroxylation sites is 1. The molecule has 2 aromatic rings. The van der Waals surface area contributed by atoms with Crippen LogP contribution in [-0.4, -0.2) is 28.7 Å². The first kappa shape index (κ1) is 21.0. The number of alkyl carbamates (subject to hydrolysis) is 1. The SMILES string of the molecule is CCCC(C)(C)C(=O)n1cc(CCNC(=O)OC(C)(C)C)c2ccccc21. The molecule has 0 saturated carbocycles. The molecule has 0 radical (unpaired) electrons. The zero-order valence-electron chi connectivity index (χ0n) is 17.4. The molecule has 0 unspecified atom stereocenters. The van der Waals surface area contributed by atoms with E-state index in [2.05, 4.69) is 12.2 Å². The Kier molecular flexibility index (Phi) is 6.34. The van der Waals surface area contributed by atoms with Crippen LogP contribution in [-0.2, 0) is 11.2 Å². The van der Waals surface area contributed by atoms with Gasteiger partial charge in [-0.3, -0.25) is 9.36 Å². The molecule has 0 atom stereocenters. The second-order valence-electron chi connectivity index (χ2n) is 8.66. The van der Waals surface area contributed by atoms with Gasteiger partial charge in [0.15, 0.2) is 0 Å². The lowest BCUT2D eigenvalue weighted by atomic mass is 9.87. The molecule has 0 aliphatic carbocycles. The first-order valence-electron chi connectivity index (χ1n) is 9.66. The third-order valence-electron chi connectivity index (χ3n) is 4.53. The monoisotopic (exact) mass is 372 g/mol. The van der Waals surface area contributed by atoms with Crippen LogP contribution in [0.15, 0.2) is 30.5 Å². The molecule has 1 aromatic carbocycles. The topological polar surface area (TPSA) is 60.3 Å². The number of carbonyl (C=O) groups excluding carboxylic acids is 2. The van der Waals surface area contributed by atoms with Gasteiger partial charge in [-0.2, -0.15) is 0 Å². The molecule has 0 saturated heterocycles. The van der Waals surface area contributed by atoms with E-state index in [1.807, 2.05) is 65.1 Å². The summed E-state index contributed by atoms with van der Waals surface area (Å²) in [6, 6.07) is 7.91. The average Bonchev–Trinajstić information content (AvgIpc) is 2.91. The molecule has 0 aliphatic rings. The quantitative estimate of drug-likeness (QED) is 0.760. The number of carbonyl (C=O) groups is 2. The van der Waals surface area contributed by atoms with Crippen LogP contribution >= 0.6 is 0 Å². The minimum absolute atomic E-state index is 0.104. The molecular weight excluding hydrogens is 340 g/mol. The standard InChI is InChI=1S/C22H32N2O3/c1-7-13-22(5,6)19(25)24-15-16(17-10-8-9-11-18(17)24)12-14-23-20(26)27-21(2,3)4/h8-11,15H,7,12-14H2,1-6H3,(H,23,26). The maximum absolute atomic E-state index is 13.1. The molecule has 2 rings (SSSR count). The molecular formula is C22H32N2O3. The second kappa shape index (κ2) is 8.15. The number of nitrogens with zero attached hydrogens (tertiary/aromatic N) is 1. The Morgan fingerprint density at radius 2 is 1.78 bits per heavy atom. The molecule has 27 heavy (non-hydrogen) atoms. The van der Waals surface area contributed by atoms with Gasteiger partial charge in [-0.05, 0) is 45.2 Å². The second-order valence-corrected chi connectivity index (χ2v) is 8.66.